The molecule has 2 fully saturated rings. The molecule has 0 bridgehead atoms. The first-order valence-corrected chi connectivity index (χ1v) is 6.71. The fourth-order valence-electron chi connectivity index (χ4n) is 3.09. The first-order chi connectivity index (χ1) is 7.81. The van der Waals surface area contributed by atoms with Crippen molar-refractivity contribution in [1.29, 1.82) is 0 Å². The Morgan fingerprint density at radius 1 is 1.25 bits per heavy atom. The zero-order valence-electron chi connectivity index (χ0n) is 10.6. The highest BCUT2D eigenvalue weighted by Crippen LogP contribution is 2.27. The van der Waals surface area contributed by atoms with Crippen LogP contribution in [0.4, 0.5) is 0 Å². The van der Waals surface area contributed by atoms with Crippen LogP contribution in [0.25, 0.3) is 0 Å². The maximum atomic E-state index is 5.68. The summed E-state index contributed by atoms with van der Waals surface area (Å²) in [6, 6.07) is 0.599. The van der Waals surface area contributed by atoms with Gasteiger partial charge in [0.25, 0.3) is 0 Å². The van der Waals surface area contributed by atoms with Gasteiger partial charge in [0, 0.05) is 25.2 Å². The molecule has 16 heavy (non-hydrogen) atoms. The minimum Gasteiger partial charge on any atom is -0.378 e. The van der Waals surface area contributed by atoms with Crippen molar-refractivity contribution in [3.8, 4) is 0 Å². The zero-order chi connectivity index (χ0) is 11.4. The number of ether oxygens (including phenoxy) is 2. The van der Waals surface area contributed by atoms with Crippen LogP contribution in [0, 0.1) is 5.92 Å². The molecule has 1 N–H and O–H groups in total. The molecule has 0 radical (unpaired) electrons. The van der Waals surface area contributed by atoms with E-state index >= 15 is 0 Å². The second-order valence-corrected chi connectivity index (χ2v) is 5.14. The summed E-state index contributed by atoms with van der Waals surface area (Å²) in [5.74, 6) is 0.686. The third kappa shape index (κ3) is 2.96. The molecule has 0 spiro atoms. The Kier molecular flexibility index (Phi) is 4.62. The van der Waals surface area contributed by atoms with Gasteiger partial charge in [0.05, 0.1) is 12.2 Å². The fourth-order valence-corrected chi connectivity index (χ4v) is 3.09. The van der Waals surface area contributed by atoms with E-state index in [4.69, 9.17) is 9.47 Å². The van der Waals surface area contributed by atoms with Gasteiger partial charge >= 0.3 is 0 Å². The van der Waals surface area contributed by atoms with Gasteiger partial charge in [-0.1, -0.05) is 0 Å². The van der Waals surface area contributed by atoms with Crippen LogP contribution in [0.2, 0.25) is 0 Å². The highest BCUT2D eigenvalue weighted by atomic mass is 16.5. The molecule has 0 aromatic heterocycles. The quantitative estimate of drug-likeness (QED) is 0.779. The van der Waals surface area contributed by atoms with Crippen LogP contribution in [0.15, 0.2) is 0 Å². The molecule has 2 aliphatic rings. The molecule has 94 valence electrons. The van der Waals surface area contributed by atoms with Crippen LogP contribution in [-0.4, -0.2) is 38.5 Å². The standard InChI is InChI=1S/C13H25NO2/c1-10-12(7-9-15-10)13(14-2)6-5-11-4-3-8-16-11/h10-14H,3-9H2,1-2H3. The second-order valence-electron chi connectivity index (χ2n) is 5.14. The maximum absolute atomic E-state index is 5.68. The van der Waals surface area contributed by atoms with Crippen LogP contribution in [0.5, 0.6) is 0 Å². The smallest absolute Gasteiger partial charge is 0.0590 e. The Bertz CT molecular complexity index is 204. The average molecular weight is 227 g/mol. The number of nitrogens with one attached hydrogen (secondary N) is 1. The summed E-state index contributed by atoms with van der Waals surface area (Å²) in [7, 11) is 2.07. The molecule has 3 heteroatoms. The zero-order valence-corrected chi connectivity index (χ0v) is 10.6. The fraction of sp³-hybridized carbons (Fsp3) is 1.00. The molecule has 0 saturated carbocycles. The van der Waals surface area contributed by atoms with Crippen molar-refractivity contribution in [1.82, 2.24) is 5.32 Å². The van der Waals surface area contributed by atoms with Crippen LogP contribution in [0.1, 0.15) is 39.0 Å². The molecule has 2 heterocycles. The van der Waals surface area contributed by atoms with Gasteiger partial charge in [0.2, 0.25) is 0 Å². The Labute approximate surface area is 98.9 Å². The highest BCUT2D eigenvalue weighted by Gasteiger charge is 2.31. The van der Waals surface area contributed by atoms with Crippen molar-refractivity contribution in [2.24, 2.45) is 5.92 Å². The lowest BCUT2D eigenvalue weighted by atomic mass is 9.89. The van der Waals surface area contributed by atoms with Crippen molar-refractivity contribution in [2.75, 3.05) is 20.3 Å². The summed E-state index contributed by atoms with van der Waals surface area (Å²) in [4.78, 5) is 0. The lowest BCUT2D eigenvalue weighted by Crippen LogP contribution is -2.37. The van der Waals surface area contributed by atoms with E-state index in [2.05, 4.69) is 19.3 Å². The largest absolute Gasteiger partial charge is 0.378 e. The van der Waals surface area contributed by atoms with E-state index < -0.39 is 0 Å². The molecule has 0 aliphatic carbocycles. The molecule has 2 rings (SSSR count). The van der Waals surface area contributed by atoms with Crippen molar-refractivity contribution in [3.05, 3.63) is 0 Å². The summed E-state index contributed by atoms with van der Waals surface area (Å²) in [6.07, 6.45) is 7.08. The molecule has 2 saturated heterocycles. The average Bonchev–Trinajstić information content (AvgIpc) is 2.92. The van der Waals surface area contributed by atoms with E-state index in [1.165, 1.54) is 32.1 Å². The third-order valence-electron chi connectivity index (χ3n) is 4.15. The Morgan fingerprint density at radius 3 is 2.69 bits per heavy atom. The molecule has 4 unspecified atom stereocenters. The SMILES string of the molecule is CNC(CCC1CCCO1)C1CCOC1C. The molecule has 0 amide bonds. The third-order valence-corrected chi connectivity index (χ3v) is 4.15. The summed E-state index contributed by atoms with van der Waals surface area (Å²) < 4.78 is 11.3. The van der Waals surface area contributed by atoms with E-state index in [9.17, 15) is 0 Å². The van der Waals surface area contributed by atoms with Crippen LogP contribution in [-0.2, 0) is 9.47 Å². The van der Waals surface area contributed by atoms with E-state index in [0.29, 0.717) is 24.2 Å². The van der Waals surface area contributed by atoms with Crippen LogP contribution < -0.4 is 5.32 Å². The van der Waals surface area contributed by atoms with Crippen LogP contribution in [0.3, 0.4) is 0 Å². The number of hydrogen-bond acceptors (Lipinski definition) is 3. The van der Waals surface area contributed by atoms with Gasteiger partial charge in [-0.05, 0) is 46.1 Å². The van der Waals surface area contributed by atoms with Gasteiger partial charge < -0.3 is 14.8 Å². The normalized spacial score (nSPS) is 36.8. The minimum absolute atomic E-state index is 0.418. The molecule has 0 aromatic carbocycles. The first kappa shape index (κ1) is 12.3. The first-order valence-electron chi connectivity index (χ1n) is 6.71. The molecular weight excluding hydrogens is 202 g/mol. The summed E-state index contributed by atoms with van der Waals surface area (Å²) in [5, 5.41) is 3.46. The van der Waals surface area contributed by atoms with Gasteiger partial charge in [0.1, 0.15) is 0 Å². The molecular formula is C13H25NO2. The highest BCUT2D eigenvalue weighted by molar-refractivity contribution is 4.84. The van der Waals surface area contributed by atoms with E-state index in [1.807, 2.05) is 0 Å². The monoisotopic (exact) mass is 227 g/mol. The van der Waals surface area contributed by atoms with Gasteiger partial charge in [-0.2, -0.15) is 0 Å². The minimum atomic E-state index is 0.418. The number of rotatable bonds is 5. The van der Waals surface area contributed by atoms with E-state index in [1.54, 1.807) is 0 Å². The molecule has 0 aromatic rings. The summed E-state index contributed by atoms with van der Waals surface area (Å²) >= 11 is 0. The molecule has 3 nitrogen and oxygen atoms in total. The van der Waals surface area contributed by atoms with Crippen molar-refractivity contribution in [2.45, 2.75) is 57.3 Å². The second kappa shape index (κ2) is 5.99. The van der Waals surface area contributed by atoms with Crippen molar-refractivity contribution in [3.63, 3.8) is 0 Å². The predicted octanol–water partition coefficient (Wildman–Crippen LogP) is 1.96. The van der Waals surface area contributed by atoms with E-state index in [0.717, 1.165) is 13.2 Å². The van der Waals surface area contributed by atoms with Crippen molar-refractivity contribution < 1.29 is 9.47 Å². The Balaban J connectivity index is 1.75. The summed E-state index contributed by atoms with van der Waals surface area (Å²) in [6.45, 7) is 4.11. The number of hydrogen-bond donors (Lipinski definition) is 1. The lowest BCUT2D eigenvalue weighted by Gasteiger charge is -2.26. The summed E-state index contributed by atoms with van der Waals surface area (Å²) in [5.41, 5.74) is 0. The van der Waals surface area contributed by atoms with Gasteiger partial charge in [-0.3, -0.25) is 0 Å². The maximum Gasteiger partial charge on any atom is 0.0590 e. The van der Waals surface area contributed by atoms with Gasteiger partial charge in [-0.25, -0.2) is 0 Å². The molecule has 2 aliphatic heterocycles. The Morgan fingerprint density at radius 2 is 2.12 bits per heavy atom. The lowest BCUT2D eigenvalue weighted by molar-refractivity contribution is 0.0817. The predicted molar refractivity (Wildman–Crippen MR) is 64.6 cm³/mol. The van der Waals surface area contributed by atoms with Gasteiger partial charge in [0.15, 0.2) is 0 Å². The Hall–Kier alpha value is -0.120. The van der Waals surface area contributed by atoms with Crippen molar-refractivity contribution >= 4 is 0 Å². The van der Waals surface area contributed by atoms with E-state index in [-0.39, 0.29) is 0 Å². The van der Waals surface area contributed by atoms with Gasteiger partial charge in [-0.15, -0.1) is 0 Å². The topological polar surface area (TPSA) is 30.5 Å². The molecule has 4 atom stereocenters. The van der Waals surface area contributed by atoms with Crippen LogP contribution >= 0.6 is 0 Å².